The summed E-state index contributed by atoms with van der Waals surface area (Å²) in [5.41, 5.74) is 1.90. The summed E-state index contributed by atoms with van der Waals surface area (Å²) in [6, 6.07) is 7.05. The maximum Gasteiger partial charge on any atom is 0.125 e. The van der Waals surface area contributed by atoms with Crippen LogP contribution < -0.4 is 5.32 Å². The van der Waals surface area contributed by atoms with E-state index in [0.717, 1.165) is 15.7 Å². The number of rotatable bonds is 3. The maximum atomic E-state index is 13.2. The van der Waals surface area contributed by atoms with Gasteiger partial charge in [-0.1, -0.05) is 6.07 Å². The number of anilines is 1. The van der Waals surface area contributed by atoms with Crippen LogP contribution >= 0.6 is 27.3 Å². The predicted octanol–water partition coefficient (Wildman–Crippen LogP) is 5.13. The van der Waals surface area contributed by atoms with Crippen molar-refractivity contribution in [3.8, 4) is 0 Å². The molecule has 1 atom stereocenters. The Morgan fingerprint density at radius 3 is 2.76 bits per heavy atom. The zero-order valence-electron chi connectivity index (χ0n) is 9.63. The predicted molar refractivity (Wildman–Crippen MR) is 75.2 cm³/mol. The number of benzene rings is 1. The molecule has 1 aromatic carbocycles. The smallest absolute Gasteiger partial charge is 0.125 e. The summed E-state index contributed by atoms with van der Waals surface area (Å²) < 4.78 is 14.2. The molecule has 1 N–H and O–H groups in total. The van der Waals surface area contributed by atoms with Gasteiger partial charge in [0.1, 0.15) is 5.82 Å². The normalized spacial score (nSPS) is 12.5. The molecule has 0 bridgehead atoms. The molecule has 0 saturated carbocycles. The monoisotopic (exact) mass is 313 g/mol. The summed E-state index contributed by atoms with van der Waals surface area (Å²) >= 11 is 5.12. The number of aryl methyl sites for hydroxylation is 1. The Morgan fingerprint density at radius 2 is 2.12 bits per heavy atom. The number of thiophene rings is 1. The summed E-state index contributed by atoms with van der Waals surface area (Å²) in [5.74, 6) is -0.210. The average Bonchev–Trinajstić information content (AvgIpc) is 2.70. The molecule has 17 heavy (non-hydrogen) atoms. The molecule has 0 spiro atoms. The molecule has 1 unspecified atom stereocenters. The van der Waals surface area contributed by atoms with Crippen LogP contribution in [0.2, 0.25) is 0 Å². The van der Waals surface area contributed by atoms with Crippen molar-refractivity contribution < 1.29 is 4.39 Å². The fraction of sp³-hybridized carbons (Fsp3) is 0.231. The van der Waals surface area contributed by atoms with Crippen molar-refractivity contribution >= 4 is 33.0 Å². The summed E-state index contributed by atoms with van der Waals surface area (Å²) in [6.07, 6.45) is 0. The van der Waals surface area contributed by atoms with E-state index in [1.54, 1.807) is 17.4 Å². The Labute approximate surface area is 113 Å². The summed E-state index contributed by atoms with van der Waals surface area (Å²) in [4.78, 5) is 1.22. The maximum absolute atomic E-state index is 13.2. The van der Waals surface area contributed by atoms with Crippen LogP contribution in [0.4, 0.5) is 10.1 Å². The Morgan fingerprint density at radius 1 is 1.35 bits per heavy atom. The number of nitrogens with one attached hydrogen (secondary N) is 1. The lowest BCUT2D eigenvalue weighted by Crippen LogP contribution is -2.06. The molecule has 2 rings (SSSR count). The molecule has 0 fully saturated rings. The van der Waals surface area contributed by atoms with E-state index in [2.05, 4.69) is 34.2 Å². The van der Waals surface area contributed by atoms with Gasteiger partial charge in [0, 0.05) is 20.4 Å². The molecule has 90 valence electrons. The second-order valence-electron chi connectivity index (χ2n) is 3.99. The third kappa shape index (κ3) is 3.07. The van der Waals surface area contributed by atoms with Gasteiger partial charge in [-0.05, 0) is 53.5 Å². The lowest BCUT2D eigenvalue weighted by molar-refractivity contribution is 0.627. The minimum absolute atomic E-state index is 0.173. The molecule has 0 radical (unpaired) electrons. The molecular weight excluding hydrogens is 301 g/mol. The van der Waals surface area contributed by atoms with Crippen LogP contribution in [0.25, 0.3) is 0 Å². The van der Waals surface area contributed by atoms with Crippen molar-refractivity contribution in [3.05, 3.63) is 50.4 Å². The second-order valence-corrected chi connectivity index (χ2v) is 5.85. The Hall–Kier alpha value is -0.870. The van der Waals surface area contributed by atoms with Gasteiger partial charge in [-0.3, -0.25) is 0 Å². The van der Waals surface area contributed by atoms with Gasteiger partial charge in [-0.25, -0.2) is 4.39 Å². The Balaban J connectivity index is 2.18. The molecular formula is C13H13BrFNS. The van der Waals surface area contributed by atoms with Crippen LogP contribution in [0.15, 0.2) is 34.1 Å². The molecule has 0 amide bonds. The number of hydrogen-bond donors (Lipinski definition) is 1. The number of halogens is 2. The molecule has 0 aliphatic heterocycles. The van der Waals surface area contributed by atoms with Gasteiger partial charge in [0.25, 0.3) is 0 Å². The number of hydrogen-bond acceptors (Lipinski definition) is 2. The van der Waals surface area contributed by atoms with Crippen LogP contribution in [0.5, 0.6) is 0 Å². The molecule has 4 heteroatoms. The zero-order chi connectivity index (χ0) is 12.4. The first-order chi connectivity index (χ1) is 8.06. The molecule has 0 saturated heterocycles. The highest BCUT2D eigenvalue weighted by atomic mass is 79.9. The van der Waals surface area contributed by atoms with Gasteiger partial charge in [-0.15, -0.1) is 11.3 Å². The SMILES string of the molecule is Cc1ccc(F)cc1NC(C)c1cc(Br)cs1. The lowest BCUT2D eigenvalue weighted by atomic mass is 10.1. The van der Waals surface area contributed by atoms with Crippen LogP contribution in [0.3, 0.4) is 0 Å². The third-order valence-electron chi connectivity index (χ3n) is 2.59. The third-order valence-corrected chi connectivity index (χ3v) is 4.46. The Bertz CT molecular complexity index is 524. The summed E-state index contributed by atoms with van der Waals surface area (Å²) in [5, 5.41) is 5.38. The summed E-state index contributed by atoms with van der Waals surface area (Å²) in [6.45, 7) is 4.04. The van der Waals surface area contributed by atoms with Gasteiger partial charge in [-0.2, -0.15) is 0 Å². The van der Waals surface area contributed by atoms with E-state index in [0.29, 0.717) is 0 Å². The fourth-order valence-corrected chi connectivity index (χ4v) is 3.06. The van der Waals surface area contributed by atoms with Crippen molar-refractivity contribution in [2.24, 2.45) is 0 Å². The topological polar surface area (TPSA) is 12.0 Å². The first kappa shape index (κ1) is 12.6. The van der Waals surface area contributed by atoms with Gasteiger partial charge in [0.2, 0.25) is 0 Å². The van der Waals surface area contributed by atoms with E-state index in [-0.39, 0.29) is 11.9 Å². The first-order valence-electron chi connectivity index (χ1n) is 5.33. The Kier molecular flexibility index (Phi) is 3.84. The lowest BCUT2D eigenvalue weighted by Gasteiger charge is -2.15. The highest BCUT2D eigenvalue weighted by molar-refractivity contribution is 9.10. The average molecular weight is 314 g/mol. The van der Waals surface area contributed by atoms with E-state index in [9.17, 15) is 4.39 Å². The van der Waals surface area contributed by atoms with Gasteiger partial charge in [0.15, 0.2) is 0 Å². The van der Waals surface area contributed by atoms with Gasteiger partial charge in [0.05, 0.1) is 6.04 Å². The molecule has 0 aliphatic rings. The van der Waals surface area contributed by atoms with Gasteiger partial charge < -0.3 is 5.32 Å². The quantitative estimate of drug-likeness (QED) is 0.828. The molecule has 0 aliphatic carbocycles. The van der Waals surface area contributed by atoms with E-state index < -0.39 is 0 Å². The second kappa shape index (κ2) is 5.19. The molecule has 1 heterocycles. The molecule has 1 nitrogen and oxygen atoms in total. The van der Waals surface area contributed by atoms with Crippen molar-refractivity contribution in [1.82, 2.24) is 0 Å². The van der Waals surface area contributed by atoms with E-state index in [1.165, 1.54) is 17.0 Å². The first-order valence-corrected chi connectivity index (χ1v) is 7.00. The van der Waals surface area contributed by atoms with Crippen molar-refractivity contribution in [2.45, 2.75) is 19.9 Å². The minimum Gasteiger partial charge on any atom is -0.377 e. The van der Waals surface area contributed by atoms with Crippen molar-refractivity contribution in [2.75, 3.05) is 5.32 Å². The molecule has 2 aromatic rings. The van der Waals surface area contributed by atoms with E-state index >= 15 is 0 Å². The van der Waals surface area contributed by atoms with Gasteiger partial charge >= 0.3 is 0 Å². The zero-order valence-corrected chi connectivity index (χ0v) is 12.0. The van der Waals surface area contributed by atoms with Crippen molar-refractivity contribution in [3.63, 3.8) is 0 Å². The minimum atomic E-state index is -0.210. The molecule has 1 aromatic heterocycles. The van der Waals surface area contributed by atoms with Crippen LogP contribution in [-0.4, -0.2) is 0 Å². The van der Waals surface area contributed by atoms with Crippen LogP contribution in [0.1, 0.15) is 23.4 Å². The van der Waals surface area contributed by atoms with E-state index in [4.69, 9.17) is 0 Å². The highest BCUT2D eigenvalue weighted by Crippen LogP contribution is 2.29. The summed E-state index contributed by atoms with van der Waals surface area (Å²) in [7, 11) is 0. The standard InChI is InChI=1S/C13H13BrFNS/c1-8-3-4-11(15)6-12(8)16-9(2)13-5-10(14)7-17-13/h3-7,9,16H,1-2H3. The largest absolute Gasteiger partial charge is 0.377 e. The van der Waals surface area contributed by atoms with Crippen LogP contribution in [0, 0.1) is 12.7 Å². The van der Waals surface area contributed by atoms with Crippen LogP contribution in [-0.2, 0) is 0 Å². The fourth-order valence-electron chi connectivity index (χ4n) is 1.61. The van der Waals surface area contributed by atoms with Crippen molar-refractivity contribution in [1.29, 1.82) is 0 Å². The highest BCUT2D eigenvalue weighted by Gasteiger charge is 2.09. The van der Waals surface area contributed by atoms with E-state index in [1.807, 2.05) is 12.3 Å².